The van der Waals surface area contributed by atoms with Crippen molar-refractivity contribution in [3.05, 3.63) is 57.9 Å². The number of aromatic nitrogens is 2. The molecule has 5 rings (SSSR count). The van der Waals surface area contributed by atoms with Crippen LogP contribution in [0.4, 0.5) is 21.6 Å². The van der Waals surface area contributed by atoms with Crippen molar-refractivity contribution in [2.45, 2.75) is 13.2 Å². The number of amides is 1. The number of nitrogens with zero attached hydrogens (tertiary/aromatic N) is 3. The van der Waals surface area contributed by atoms with Crippen LogP contribution in [-0.2, 0) is 27.3 Å². The van der Waals surface area contributed by atoms with E-state index in [1.165, 1.54) is 6.07 Å². The Labute approximate surface area is 209 Å². The topological polar surface area (TPSA) is 114 Å². The molecule has 3 N–H and O–H groups in total. The predicted molar refractivity (Wildman–Crippen MR) is 132 cm³/mol. The summed E-state index contributed by atoms with van der Waals surface area (Å²) in [4.78, 5) is 14.6. The van der Waals surface area contributed by atoms with Crippen LogP contribution in [0.5, 0.6) is 0 Å². The van der Waals surface area contributed by atoms with Gasteiger partial charge in [-0.15, -0.1) is 0 Å². The second-order valence-electron chi connectivity index (χ2n) is 8.10. The van der Waals surface area contributed by atoms with Crippen molar-refractivity contribution in [3.8, 4) is 0 Å². The van der Waals surface area contributed by atoms with Gasteiger partial charge in [0, 0.05) is 43.1 Å². The van der Waals surface area contributed by atoms with Gasteiger partial charge in [-0.25, -0.2) is 9.02 Å². The molecule has 0 radical (unpaired) electrons. The summed E-state index contributed by atoms with van der Waals surface area (Å²) in [5.74, 6) is 0.0467. The second kappa shape index (κ2) is 10.6. The van der Waals surface area contributed by atoms with Gasteiger partial charge in [-0.1, -0.05) is 17.3 Å². The van der Waals surface area contributed by atoms with Crippen LogP contribution in [0.15, 0.2) is 45.5 Å². The fourth-order valence-electron chi connectivity index (χ4n) is 4.07. The molecule has 182 valence electrons. The van der Waals surface area contributed by atoms with Gasteiger partial charge in [-0.2, -0.15) is 0 Å². The Balaban J connectivity index is 1.09. The lowest BCUT2D eigenvalue weighted by Crippen LogP contribution is -2.41. The molecular weight excluding hydrogens is 522 g/mol. The fourth-order valence-corrected chi connectivity index (χ4v) is 4.45. The first-order valence-corrected chi connectivity index (χ1v) is 12.0. The highest BCUT2D eigenvalue weighted by atomic mass is 79.9. The summed E-state index contributed by atoms with van der Waals surface area (Å²) in [7, 11) is -0.359. The molecule has 13 heteroatoms. The van der Waals surface area contributed by atoms with Crippen molar-refractivity contribution < 1.29 is 23.1 Å². The van der Waals surface area contributed by atoms with Crippen LogP contribution in [0.2, 0.25) is 0 Å². The van der Waals surface area contributed by atoms with Gasteiger partial charge in [0.2, 0.25) is 5.91 Å². The monoisotopic (exact) mass is 544 g/mol. The summed E-state index contributed by atoms with van der Waals surface area (Å²) >= 11 is 3.16. The molecule has 35 heavy (non-hydrogen) atoms. The first kappa shape index (κ1) is 23.6. The molecule has 0 saturated carbocycles. The standard InChI is InChI=1S/C22H23BBrFN6O4/c24-16-10-15(4-5-17(16)25)28-11-18-22(30-35-29-18)27-7-6-26-20(32)12-31-8-9-33-23-21-14(13-34-23)2-1-3-19(21)31/h1-5,10,28H,6-9,11-13H2,(H,26,32)(H,27,30). The number of benzene rings is 2. The third-order valence-corrected chi connectivity index (χ3v) is 6.39. The summed E-state index contributed by atoms with van der Waals surface area (Å²) in [6, 6.07) is 10.6. The molecular formula is C22H23BBrFN6O4. The van der Waals surface area contributed by atoms with Gasteiger partial charge in [-0.3, -0.25) is 4.79 Å². The Kier molecular flexibility index (Phi) is 7.16. The van der Waals surface area contributed by atoms with E-state index in [2.05, 4.69) is 42.2 Å². The van der Waals surface area contributed by atoms with E-state index < -0.39 is 0 Å². The Hall–Kier alpha value is -3.16. The molecule has 2 aliphatic heterocycles. The molecule has 2 aromatic carbocycles. The van der Waals surface area contributed by atoms with Crippen LogP contribution in [0, 0.1) is 5.82 Å². The first-order valence-electron chi connectivity index (χ1n) is 11.2. The van der Waals surface area contributed by atoms with Gasteiger partial charge in [0.25, 0.3) is 0 Å². The average molecular weight is 545 g/mol. The molecule has 0 spiro atoms. The molecule has 0 aliphatic carbocycles. The third-order valence-electron chi connectivity index (χ3n) is 5.78. The number of rotatable bonds is 9. The van der Waals surface area contributed by atoms with E-state index in [0.717, 1.165) is 22.4 Å². The van der Waals surface area contributed by atoms with Gasteiger partial charge < -0.3 is 30.2 Å². The molecule has 0 unspecified atom stereocenters. The SMILES string of the molecule is O=C(CN1CCOB2OCc3cccc1c32)NCCNc1nonc1CNc1ccc(F)c(Br)c1. The normalized spacial score (nSPS) is 14.5. The smallest absolute Gasteiger partial charge is 0.405 e. The number of carbonyl (C=O) groups is 1. The first-order chi connectivity index (χ1) is 17.1. The lowest BCUT2D eigenvalue weighted by Gasteiger charge is -2.24. The molecule has 3 heterocycles. The van der Waals surface area contributed by atoms with Crippen LogP contribution < -0.4 is 26.3 Å². The lowest BCUT2D eigenvalue weighted by atomic mass is 9.77. The summed E-state index contributed by atoms with van der Waals surface area (Å²) in [5, 5.41) is 17.0. The number of carbonyl (C=O) groups excluding carboxylic acids is 1. The van der Waals surface area contributed by atoms with Gasteiger partial charge >= 0.3 is 7.12 Å². The molecule has 1 amide bonds. The van der Waals surface area contributed by atoms with Crippen molar-refractivity contribution >= 4 is 51.6 Å². The zero-order valence-electron chi connectivity index (χ0n) is 18.7. The highest BCUT2D eigenvalue weighted by molar-refractivity contribution is 9.10. The molecule has 0 bridgehead atoms. The summed E-state index contributed by atoms with van der Waals surface area (Å²) in [5.41, 5.74) is 4.39. The number of anilines is 3. The zero-order valence-corrected chi connectivity index (χ0v) is 20.3. The molecule has 0 fully saturated rings. The van der Waals surface area contributed by atoms with Crippen molar-refractivity contribution in [1.82, 2.24) is 15.6 Å². The van der Waals surface area contributed by atoms with Crippen LogP contribution in [0.1, 0.15) is 11.3 Å². The van der Waals surface area contributed by atoms with Gasteiger partial charge in [0.05, 0.1) is 24.2 Å². The fraction of sp³-hybridized carbons (Fsp3) is 0.318. The van der Waals surface area contributed by atoms with Crippen LogP contribution in [-0.4, -0.2) is 56.1 Å². The Morgan fingerprint density at radius 3 is 2.97 bits per heavy atom. The summed E-state index contributed by atoms with van der Waals surface area (Å²) < 4.78 is 30.1. The molecule has 10 nitrogen and oxygen atoms in total. The van der Waals surface area contributed by atoms with Gasteiger partial charge in [0.15, 0.2) is 5.82 Å². The van der Waals surface area contributed by atoms with E-state index in [0.29, 0.717) is 55.4 Å². The highest BCUT2D eigenvalue weighted by Crippen LogP contribution is 2.23. The highest BCUT2D eigenvalue weighted by Gasteiger charge is 2.37. The van der Waals surface area contributed by atoms with Crippen molar-refractivity contribution in [3.63, 3.8) is 0 Å². The molecule has 3 aromatic rings. The Bertz CT molecular complexity index is 1210. The quantitative estimate of drug-likeness (QED) is 0.274. The van der Waals surface area contributed by atoms with E-state index in [1.807, 2.05) is 23.1 Å². The van der Waals surface area contributed by atoms with E-state index in [4.69, 9.17) is 13.9 Å². The Morgan fingerprint density at radius 1 is 1.17 bits per heavy atom. The largest absolute Gasteiger partial charge is 0.496 e. The van der Waals surface area contributed by atoms with Crippen molar-refractivity contribution in [2.24, 2.45) is 0 Å². The maximum Gasteiger partial charge on any atom is 0.496 e. The van der Waals surface area contributed by atoms with Gasteiger partial charge in [-0.05, 0) is 50.9 Å². The second-order valence-corrected chi connectivity index (χ2v) is 8.96. The Morgan fingerprint density at radius 2 is 2.09 bits per heavy atom. The van der Waals surface area contributed by atoms with E-state index in [1.54, 1.807) is 12.1 Å². The van der Waals surface area contributed by atoms with Crippen LogP contribution >= 0.6 is 15.9 Å². The minimum absolute atomic E-state index is 0.0937. The number of hydrogen-bond donors (Lipinski definition) is 3. The number of hydrogen-bond acceptors (Lipinski definition) is 9. The summed E-state index contributed by atoms with van der Waals surface area (Å²) in [6.07, 6.45) is 0. The van der Waals surface area contributed by atoms with E-state index in [-0.39, 0.29) is 25.4 Å². The zero-order chi connectivity index (χ0) is 24.2. The maximum absolute atomic E-state index is 13.4. The maximum atomic E-state index is 13.4. The van der Waals surface area contributed by atoms with Crippen LogP contribution in [0.25, 0.3) is 0 Å². The minimum atomic E-state index is -0.359. The molecule has 1 aromatic heterocycles. The number of nitrogens with one attached hydrogen (secondary N) is 3. The lowest BCUT2D eigenvalue weighted by molar-refractivity contribution is -0.119. The average Bonchev–Trinajstić information content (AvgIpc) is 3.44. The molecule has 0 saturated heterocycles. The minimum Gasteiger partial charge on any atom is -0.405 e. The third kappa shape index (κ3) is 5.41. The van der Waals surface area contributed by atoms with E-state index >= 15 is 0 Å². The van der Waals surface area contributed by atoms with Crippen LogP contribution in [0.3, 0.4) is 0 Å². The summed E-state index contributed by atoms with van der Waals surface area (Å²) in [6.45, 7) is 3.00. The molecule has 0 atom stereocenters. The van der Waals surface area contributed by atoms with Gasteiger partial charge in [0.1, 0.15) is 11.5 Å². The predicted octanol–water partition coefficient (Wildman–Crippen LogP) is 1.87. The molecule has 2 aliphatic rings. The number of halogens is 2. The van der Waals surface area contributed by atoms with E-state index in [9.17, 15) is 9.18 Å². The van der Waals surface area contributed by atoms with Crippen molar-refractivity contribution in [2.75, 3.05) is 48.3 Å². The van der Waals surface area contributed by atoms with Crippen molar-refractivity contribution in [1.29, 1.82) is 0 Å².